The average molecular weight is 364 g/mol. The fraction of sp³-hybridized carbons (Fsp3) is 0.150. The normalized spacial score (nSPS) is 10.1. The third-order valence-corrected chi connectivity index (χ3v) is 3.88. The molecule has 0 atom stereocenters. The molecule has 7 nitrogen and oxygen atoms in total. The molecule has 2 aromatic carbocycles. The Morgan fingerprint density at radius 1 is 0.963 bits per heavy atom. The molecule has 0 saturated carbocycles. The van der Waals surface area contributed by atoms with E-state index in [-0.39, 0.29) is 5.97 Å². The standard InChI is InChI=1S/C20H20N4O3/c1-26-17-9-3-14(4-10-17)12-21-18-11-19(23-13-22-18)24-16-7-5-15(6-8-16)20(25)27-2/h3-11,13H,12H2,1-2H3,(H2,21,22,23,24). The van der Waals surface area contributed by atoms with Gasteiger partial charge in [0.15, 0.2) is 0 Å². The first-order valence-electron chi connectivity index (χ1n) is 8.32. The van der Waals surface area contributed by atoms with Crippen LogP contribution in [0.2, 0.25) is 0 Å². The molecule has 2 N–H and O–H groups in total. The second-order valence-corrected chi connectivity index (χ2v) is 5.68. The maximum Gasteiger partial charge on any atom is 0.337 e. The fourth-order valence-corrected chi connectivity index (χ4v) is 2.41. The Bertz CT molecular complexity index is 896. The Labute approximate surface area is 157 Å². The molecule has 138 valence electrons. The molecule has 0 spiro atoms. The zero-order valence-electron chi connectivity index (χ0n) is 15.1. The van der Waals surface area contributed by atoms with Crippen LogP contribution in [-0.4, -0.2) is 30.2 Å². The molecule has 0 saturated heterocycles. The number of carbonyl (C=O) groups is 1. The van der Waals surface area contributed by atoms with Crippen molar-refractivity contribution in [1.82, 2.24) is 9.97 Å². The number of nitrogens with zero attached hydrogens (tertiary/aromatic N) is 2. The van der Waals surface area contributed by atoms with E-state index in [9.17, 15) is 4.79 Å². The highest BCUT2D eigenvalue weighted by atomic mass is 16.5. The van der Waals surface area contributed by atoms with Gasteiger partial charge in [-0.15, -0.1) is 0 Å². The van der Waals surface area contributed by atoms with Crippen LogP contribution < -0.4 is 15.4 Å². The van der Waals surface area contributed by atoms with Crippen LogP contribution in [0.1, 0.15) is 15.9 Å². The minimum absolute atomic E-state index is 0.367. The lowest BCUT2D eigenvalue weighted by atomic mass is 10.2. The summed E-state index contributed by atoms with van der Waals surface area (Å²) in [5.41, 5.74) is 2.41. The topological polar surface area (TPSA) is 85.4 Å². The van der Waals surface area contributed by atoms with Crippen molar-refractivity contribution in [3.63, 3.8) is 0 Å². The molecule has 1 heterocycles. The van der Waals surface area contributed by atoms with Gasteiger partial charge < -0.3 is 20.1 Å². The van der Waals surface area contributed by atoms with Gasteiger partial charge in [-0.25, -0.2) is 14.8 Å². The third kappa shape index (κ3) is 4.94. The molecular weight excluding hydrogens is 344 g/mol. The van der Waals surface area contributed by atoms with Gasteiger partial charge in [-0.05, 0) is 42.0 Å². The third-order valence-electron chi connectivity index (χ3n) is 3.88. The zero-order valence-corrected chi connectivity index (χ0v) is 15.1. The molecule has 1 aromatic heterocycles. The predicted octanol–water partition coefficient (Wildman–Crippen LogP) is 3.63. The maximum absolute atomic E-state index is 11.5. The monoisotopic (exact) mass is 364 g/mol. The number of aromatic nitrogens is 2. The van der Waals surface area contributed by atoms with E-state index in [0.29, 0.717) is 23.7 Å². The molecule has 0 aliphatic heterocycles. The van der Waals surface area contributed by atoms with Crippen LogP contribution in [0.3, 0.4) is 0 Å². The van der Waals surface area contributed by atoms with Crippen molar-refractivity contribution in [1.29, 1.82) is 0 Å². The lowest BCUT2D eigenvalue weighted by molar-refractivity contribution is 0.0601. The second kappa shape index (κ2) is 8.66. The Kier molecular flexibility index (Phi) is 5.84. The van der Waals surface area contributed by atoms with Crippen LogP contribution in [0.4, 0.5) is 17.3 Å². The van der Waals surface area contributed by atoms with Gasteiger partial charge in [-0.2, -0.15) is 0 Å². The van der Waals surface area contributed by atoms with Crippen molar-refractivity contribution in [2.45, 2.75) is 6.54 Å². The Morgan fingerprint density at radius 2 is 1.67 bits per heavy atom. The van der Waals surface area contributed by atoms with Gasteiger partial charge >= 0.3 is 5.97 Å². The van der Waals surface area contributed by atoms with E-state index in [1.54, 1.807) is 31.4 Å². The summed E-state index contributed by atoms with van der Waals surface area (Å²) in [5.74, 6) is 1.81. The summed E-state index contributed by atoms with van der Waals surface area (Å²) >= 11 is 0. The lowest BCUT2D eigenvalue weighted by Crippen LogP contribution is -2.03. The van der Waals surface area contributed by atoms with E-state index < -0.39 is 0 Å². The Hall–Kier alpha value is -3.61. The highest BCUT2D eigenvalue weighted by Crippen LogP contribution is 2.18. The van der Waals surface area contributed by atoms with Crippen LogP contribution in [-0.2, 0) is 11.3 Å². The van der Waals surface area contributed by atoms with Crippen LogP contribution >= 0.6 is 0 Å². The fourth-order valence-electron chi connectivity index (χ4n) is 2.41. The Balaban J connectivity index is 1.61. The molecular formula is C20H20N4O3. The number of benzene rings is 2. The van der Waals surface area contributed by atoms with Gasteiger partial charge in [0, 0.05) is 18.3 Å². The van der Waals surface area contributed by atoms with Gasteiger partial charge in [0.05, 0.1) is 19.8 Å². The minimum atomic E-state index is -0.367. The van der Waals surface area contributed by atoms with Crippen LogP contribution in [0, 0.1) is 0 Å². The van der Waals surface area contributed by atoms with Gasteiger partial charge in [-0.3, -0.25) is 0 Å². The molecule has 0 radical (unpaired) electrons. The van der Waals surface area contributed by atoms with E-state index in [0.717, 1.165) is 17.0 Å². The first-order chi connectivity index (χ1) is 13.2. The average Bonchev–Trinajstić information content (AvgIpc) is 2.73. The second-order valence-electron chi connectivity index (χ2n) is 5.68. The zero-order chi connectivity index (χ0) is 19.1. The van der Waals surface area contributed by atoms with Crippen molar-refractivity contribution in [2.24, 2.45) is 0 Å². The molecule has 27 heavy (non-hydrogen) atoms. The smallest absolute Gasteiger partial charge is 0.337 e. The molecule has 0 unspecified atom stereocenters. The SMILES string of the molecule is COC(=O)c1ccc(Nc2cc(NCc3ccc(OC)cc3)ncn2)cc1. The molecule has 0 fully saturated rings. The van der Waals surface area contributed by atoms with Gasteiger partial charge in [0.2, 0.25) is 0 Å². The van der Waals surface area contributed by atoms with E-state index in [1.165, 1.54) is 13.4 Å². The summed E-state index contributed by atoms with van der Waals surface area (Å²) in [4.78, 5) is 19.9. The molecule has 3 aromatic rings. The molecule has 3 rings (SSSR count). The number of hydrogen-bond donors (Lipinski definition) is 2. The molecule has 7 heteroatoms. The highest BCUT2D eigenvalue weighted by Gasteiger charge is 2.05. The van der Waals surface area contributed by atoms with Crippen molar-refractivity contribution < 1.29 is 14.3 Å². The summed E-state index contributed by atoms with van der Waals surface area (Å²) in [6, 6.07) is 16.6. The largest absolute Gasteiger partial charge is 0.497 e. The summed E-state index contributed by atoms with van der Waals surface area (Å²) in [5, 5.41) is 6.45. The van der Waals surface area contributed by atoms with Gasteiger partial charge in [0.1, 0.15) is 23.7 Å². The van der Waals surface area contributed by atoms with Crippen molar-refractivity contribution in [3.8, 4) is 5.75 Å². The number of ether oxygens (including phenoxy) is 2. The molecule has 0 aliphatic rings. The van der Waals surface area contributed by atoms with E-state index >= 15 is 0 Å². The van der Waals surface area contributed by atoms with Gasteiger partial charge in [0.25, 0.3) is 0 Å². The summed E-state index contributed by atoms with van der Waals surface area (Å²) in [7, 11) is 3.00. The number of rotatable bonds is 7. The molecule has 0 amide bonds. The van der Waals surface area contributed by atoms with E-state index in [4.69, 9.17) is 9.47 Å². The van der Waals surface area contributed by atoms with E-state index in [2.05, 4.69) is 20.6 Å². The molecule has 0 aliphatic carbocycles. The van der Waals surface area contributed by atoms with Crippen molar-refractivity contribution in [2.75, 3.05) is 24.9 Å². The van der Waals surface area contributed by atoms with E-state index in [1.807, 2.05) is 30.3 Å². The van der Waals surface area contributed by atoms with Crippen LogP contribution in [0.5, 0.6) is 5.75 Å². The summed E-state index contributed by atoms with van der Waals surface area (Å²) in [6.45, 7) is 0.633. The number of methoxy groups -OCH3 is 2. The van der Waals surface area contributed by atoms with Crippen molar-refractivity contribution >= 4 is 23.3 Å². The first-order valence-corrected chi connectivity index (χ1v) is 8.32. The van der Waals surface area contributed by atoms with Crippen LogP contribution in [0.25, 0.3) is 0 Å². The molecule has 0 bridgehead atoms. The predicted molar refractivity (Wildman–Crippen MR) is 103 cm³/mol. The minimum Gasteiger partial charge on any atom is -0.497 e. The lowest BCUT2D eigenvalue weighted by Gasteiger charge is -2.09. The van der Waals surface area contributed by atoms with Gasteiger partial charge in [-0.1, -0.05) is 12.1 Å². The first kappa shape index (κ1) is 18.2. The number of carbonyl (C=O) groups excluding carboxylic acids is 1. The van der Waals surface area contributed by atoms with Crippen molar-refractivity contribution in [3.05, 3.63) is 72.1 Å². The number of hydrogen-bond acceptors (Lipinski definition) is 7. The summed E-state index contributed by atoms with van der Waals surface area (Å²) < 4.78 is 9.85. The number of nitrogens with one attached hydrogen (secondary N) is 2. The van der Waals surface area contributed by atoms with Crippen LogP contribution in [0.15, 0.2) is 60.9 Å². The number of anilines is 3. The Morgan fingerprint density at radius 3 is 2.33 bits per heavy atom. The maximum atomic E-state index is 11.5. The summed E-state index contributed by atoms with van der Waals surface area (Å²) in [6.07, 6.45) is 1.49. The highest BCUT2D eigenvalue weighted by molar-refractivity contribution is 5.89. The number of esters is 1. The quantitative estimate of drug-likeness (QED) is 0.619.